The average Bonchev–Trinajstić information content (AvgIpc) is 4.05. The van der Waals surface area contributed by atoms with E-state index in [0.717, 1.165) is 76.7 Å². The third-order valence-corrected chi connectivity index (χ3v) is 13.3. The van der Waals surface area contributed by atoms with Gasteiger partial charge in [0.25, 0.3) is 0 Å². The molecule has 0 unspecified atom stereocenters. The van der Waals surface area contributed by atoms with Crippen LogP contribution in [0.15, 0.2) is 82.3 Å². The van der Waals surface area contributed by atoms with Crippen LogP contribution in [0, 0.1) is 29.6 Å². The van der Waals surface area contributed by atoms with Crippen LogP contribution < -0.4 is 19.7 Å². The highest BCUT2D eigenvalue weighted by molar-refractivity contribution is 9.10. The summed E-state index contributed by atoms with van der Waals surface area (Å²) in [6.07, 6.45) is 12.7. The van der Waals surface area contributed by atoms with Crippen molar-refractivity contribution in [1.29, 1.82) is 0 Å². The van der Waals surface area contributed by atoms with Crippen LogP contribution in [0.1, 0.15) is 36.8 Å². The zero-order valence-corrected chi connectivity index (χ0v) is 34.6. The number of fused-ring (bicyclic) bond motifs is 10. The molecule has 0 saturated carbocycles. The van der Waals surface area contributed by atoms with E-state index in [1.165, 1.54) is 62.2 Å². The summed E-state index contributed by atoms with van der Waals surface area (Å²) in [4.78, 5) is 24.6. The third kappa shape index (κ3) is 8.27. The Labute approximate surface area is 340 Å². The van der Waals surface area contributed by atoms with Crippen molar-refractivity contribution in [3.8, 4) is 11.8 Å². The summed E-state index contributed by atoms with van der Waals surface area (Å²) in [7, 11) is 3.33. The Morgan fingerprint density at radius 1 is 0.630 bits per heavy atom. The van der Waals surface area contributed by atoms with Gasteiger partial charge in [-0.15, -0.1) is 12.4 Å². The molecule has 1 N–H and O–H groups in total. The highest BCUT2D eigenvalue weighted by Crippen LogP contribution is 2.50. The van der Waals surface area contributed by atoms with E-state index >= 15 is 0 Å². The van der Waals surface area contributed by atoms with Gasteiger partial charge in [-0.25, -0.2) is 19.9 Å². The van der Waals surface area contributed by atoms with E-state index in [-0.39, 0.29) is 12.4 Å². The quantitative estimate of drug-likeness (QED) is 0.195. The van der Waals surface area contributed by atoms with E-state index in [4.69, 9.17) is 9.47 Å². The van der Waals surface area contributed by atoms with Crippen LogP contribution in [-0.4, -0.2) is 94.3 Å². The predicted molar refractivity (Wildman–Crippen MR) is 216 cm³/mol. The van der Waals surface area contributed by atoms with Crippen molar-refractivity contribution in [2.45, 2.75) is 62.9 Å². The SMILES string of the molecule is COc1ccc(CN2[C@@H]3CC[C@H]2[C@H]2CN(c4ccc(Br)cn4)C[C@H]23)cn1.COc1ccc(CN2[C@@H]3CC[C@H]2[C@H]2CNC[C@H]23)cn1.Cl.Fc1ccc(Br)cn1. The number of nitrogens with zero attached hydrogens (tertiary/aromatic N) is 7. The Balaban J connectivity index is 0.000000141. The van der Waals surface area contributed by atoms with Gasteiger partial charge >= 0.3 is 0 Å². The summed E-state index contributed by atoms with van der Waals surface area (Å²) in [6.45, 7) is 6.79. The Bertz CT molecular complexity index is 1750. The highest BCUT2D eigenvalue weighted by Gasteiger charge is 2.56. The molecule has 6 saturated heterocycles. The maximum Gasteiger partial charge on any atom is 0.212 e. The summed E-state index contributed by atoms with van der Waals surface area (Å²) in [5, 5.41) is 3.57. The number of hydrogen-bond acceptors (Lipinski definition) is 10. The van der Waals surface area contributed by atoms with Crippen molar-refractivity contribution >= 4 is 50.1 Å². The molecule has 10 rings (SSSR count). The van der Waals surface area contributed by atoms with Gasteiger partial charge in [0.05, 0.1) is 14.2 Å². The lowest BCUT2D eigenvalue weighted by Crippen LogP contribution is -2.35. The Morgan fingerprint density at radius 3 is 1.50 bits per heavy atom. The van der Waals surface area contributed by atoms with Crippen LogP contribution >= 0.6 is 44.3 Å². The molecule has 0 spiro atoms. The lowest BCUT2D eigenvalue weighted by molar-refractivity contribution is 0.218. The molecular weight excluding hydrogens is 839 g/mol. The summed E-state index contributed by atoms with van der Waals surface area (Å²) in [5.41, 5.74) is 2.60. The molecule has 6 aliphatic heterocycles. The highest BCUT2D eigenvalue weighted by atomic mass is 79.9. The number of methoxy groups -OCH3 is 2. The van der Waals surface area contributed by atoms with Crippen molar-refractivity contribution in [2.75, 3.05) is 45.3 Å². The molecule has 8 atom stereocenters. The first-order chi connectivity index (χ1) is 25.9. The number of hydrogen-bond donors (Lipinski definition) is 1. The molecule has 10 nitrogen and oxygen atoms in total. The fourth-order valence-electron chi connectivity index (χ4n) is 10.1. The third-order valence-electron chi connectivity index (χ3n) is 12.4. The zero-order valence-electron chi connectivity index (χ0n) is 30.6. The molecule has 0 amide bonds. The first kappa shape index (κ1) is 39.3. The van der Waals surface area contributed by atoms with Crippen molar-refractivity contribution < 1.29 is 13.9 Å². The minimum absolute atomic E-state index is 0. The monoisotopic (exact) mass is 884 g/mol. The fourth-order valence-corrected chi connectivity index (χ4v) is 10.6. The summed E-state index contributed by atoms with van der Waals surface area (Å²) >= 11 is 6.60. The fraction of sp³-hybridized carbons (Fsp3) is 0.500. The van der Waals surface area contributed by atoms with Gasteiger partial charge in [-0.2, -0.15) is 4.39 Å². The largest absolute Gasteiger partial charge is 0.481 e. The summed E-state index contributed by atoms with van der Waals surface area (Å²) in [6, 6.07) is 18.4. The van der Waals surface area contributed by atoms with Gasteiger partial charge in [-0.05, 0) is 130 Å². The van der Waals surface area contributed by atoms with Gasteiger partial charge in [-0.3, -0.25) is 9.80 Å². The Kier molecular flexibility index (Phi) is 12.7. The molecule has 54 heavy (non-hydrogen) atoms. The minimum atomic E-state index is -0.451. The van der Waals surface area contributed by atoms with Gasteiger partial charge in [0.15, 0.2) is 0 Å². The normalized spacial score (nSPS) is 28.7. The van der Waals surface area contributed by atoms with Crippen molar-refractivity contribution in [3.63, 3.8) is 0 Å². The van der Waals surface area contributed by atoms with Crippen LogP contribution in [0.2, 0.25) is 0 Å². The van der Waals surface area contributed by atoms with E-state index < -0.39 is 5.95 Å². The summed E-state index contributed by atoms with van der Waals surface area (Å²) in [5.74, 6) is 5.38. The smallest absolute Gasteiger partial charge is 0.212 e. The van der Waals surface area contributed by atoms with Crippen molar-refractivity contribution in [3.05, 3.63) is 99.3 Å². The number of rotatable bonds is 7. The van der Waals surface area contributed by atoms with Crippen molar-refractivity contribution in [2.24, 2.45) is 23.7 Å². The van der Waals surface area contributed by atoms with Crippen molar-refractivity contribution in [1.82, 2.24) is 35.1 Å². The lowest BCUT2D eigenvalue weighted by atomic mass is 9.82. The topological polar surface area (TPSA) is 91.8 Å². The second kappa shape index (κ2) is 17.5. The van der Waals surface area contributed by atoms with Gasteiger partial charge < -0.3 is 19.7 Å². The standard InChI is InChI=1S/C20H23BrN4O.C15H21N3O.C5H3BrFN.ClH/c1-26-20-7-2-13(8-23-20)10-25-17-4-5-18(25)16-12-24(11-15(16)17)19-6-3-14(21)9-22-19;1-19-15-5-2-10(6-17-15)9-18-13-3-4-14(18)12-8-16-7-11(12)13;6-4-1-2-5(7)8-3-4;/h2-3,6-9,15-18H,4-5,10-12H2,1H3;2,5-6,11-14,16H,3-4,7-9H2,1H3;1-3H;1H/t15-,16+,17-,18+;11-,12+,13-,14+;;. The Morgan fingerprint density at radius 2 is 1.11 bits per heavy atom. The molecule has 14 heteroatoms. The van der Waals surface area contributed by atoms with Gasteiger partial charge in [0.1, 0.15) is 5.82 Å². The van der Waals surface area contributed by atoms with Gasteiger partial charge in [0, 0.05) is 96.2 Å². The first-order valence-electron chi connectivity index (χ1n) is 18.7. The molecule has 4 aromatic heterocycles. The second-order valence-electron chi connectivity index (χ2n) is 15.0. The Hall–Kier alpha value is -2.94. The van der Waals surface area contributed by atoms with Gasteiger partial charge in [-0.1, -0.05) is 12.1 Å². The van der Waals surface area contributed by atoms with Crippen LogP contribution in [0.4, 0.5) is 10.2 Å². The molecule has 4 aromatic rings. The van der Waals surface area contributed by atoms with Crippen LogP contribution in [0.25, 0.3) is 0 Å². The van der Waals surface area contributed by atoms with Crippen LogP contribution in [-0.2, 0) is 13.1 Å². The molecule has 4 bridgehead atoms. The maximum atomic E-state index is 12.0. The minimum Gasteiger partial charge on any atom is -0.481 e. The number of pyridine rings is 4. The van der Waals surface area contributed by atoms with E-state index in [1.807, 2.05) is 30.7 Å². The van der Waals surface area contributed by atoms with E-state index in [1.54, 1.807) is 20.3 Å². The zero-order chi connectivity index (χ0) is 36.5. The summed E-state index contributed by atoms with van der Waals surface area (Å²) < 4.78 is 24.1. The second-order valence-corrected chi connectivity index (χ2v) is 16.9. The number of nitrogens with one attached hydrogen (secondary N) is 1. The molecule has 288 valence electrons. The van der Waals surface area contributed by atoms with Crippen LogP contribution in [0.5, 0.6) is 11.8 Å². The number of halogens is 4. The lowest BCUT2D eigenvalue weighted by Gasteiger charge is -2.27. The van der Waals surface area contributed by atoms with Crippen LogP contribution in [0.3, 0.4) is 0 Å². The first-order valence-corrected chi connectivity index (χ1v) is 20.3. The van der Waals surface area contributed by atoms with Gasteiger partial charge in [0.2, 0.25) is 17.7 Å². The molecule has 0 aliphatic carbocycles. The van der Waals surface area contributed by atoms with E-state index in [2.05, 4.69) is 96.1 Å². The molecule has 0 aromatic carbocycles. The molecular formula is C40H48Br2ClFN8O2. The average molecular weight is 887 g/mol. The molecule has 6 aliphatic rings. The maximum absolute atomic E-state index is 12.0. The molecule has 10 heterocycles. The number of anilines is 1. The molecule has 0 radical (unpaired) electrons. The number of aromatic nitrogens is 4. The van der Waals surface area contributed by atoms with E-state index in [9.17, 15) is 4.39 Å². The molecule has 6 fully saturated rings. The number of ether oxygens (including phenoxy) is 2. The van der Waals surface area contributed by atoms with E-state index in [0.29, 0.717) is 23.8 Å². The predicted octanol–water partition coefficient (Wildman–Crippen LogP) is 7.02.